The first kappa shape index (κ1) is 10.4. The van der Waals surface area contributed by atoms with Gasteiger partial charge >= 0.3 is 0 Å². The van der Waals surface area contributed by atoms with Crippen molar-refractivity contribution in [2.75, 3.05) is 13.7 Å². The van der Waals surface area contributed by atoms with Crippen molar-refractivity contribution in [1.29, 1.82) is 0 Å². The van der Waals surface area contributed by atoms with E-state index in [0.29, 0.717) is 17.4 Å². The molecule has 2 unspecified atom stereocenters. The minimum atomic E-state index is 0.188. The number of hydrogen-bond acceptors (Lipinski definition) is 2. The van der Waals surface area contributed by atoms with Crippen molar-refractivity contribution in [1.82, 2.24) is 5.32 Å². The predicted molar refractivity (Wildman–Crippen MR) is 58.3 cm³/mol. The molecule has 0 aromatic carbocycles. The lowest BCUT2D eigenvalue weighted by Gasteiger charge is -2.46. The molecule has 1 aliphatic heterocycles. The van der Waals surface area contributed by atoms with Crippen LogP contribution in [0.2, 0.25) is 0 Å². The van der Waals surface area contributed by atoms with Crippen molar-refractivity contribution in [3.05, 3.63) is 0 Å². The maximum Gasteiger partial charge on any atom is 0.0841 e. The Morgan fingerprint density at radius 2 is 2.00 bits per heavy atom. The molecule has 0 aromatic rings. The molecule has 1 N–H and O–H groups in total. The van der Waals surface area contributed by atoms with E-state index in [9.17, 15) is 0 Å². The third kappa shape index (κ3) is 1.17. The van der Waals surface area contributed by atoms with Crippen LogP contribution in [0.15, 0.2) is 0 Å². The second kappa shape index (κ2) is 3.21. The van der Waals surface area contributed by atoms with Crippen LogP contribution in [-0.2, 0) is 4.74 Å². The molecule has 1 aliphatic carbocycles. The molecule has 1 spiro atoms. The standard InChI is InChI=1S/C12H23NO/c1-9(2)11(3)8-14-12(6-5-7-12)10(11)13-4/h9-10,13H,5-8H2,1-4H3. The molecular formula is C12H23NO. The molecule has 82 valence electrons. The second-order valence-corrected chi connectivity index (χ2v) is 5.59. The van der Waals surface area contributed by atoms with E-state index < -0.39 is 0 Å². The maximum absolute atomic E-state index is 6.09. The SMILES string of the molecule is CNC1C2(CCC2)OCC1(C)C(C)C. The van der Waals surface area contributed by atoms with Crippen molar-refractivity contribution in [3.63, 3.8) is 0 Å². The van der Waals surface area contributed by atoms with E-state index in [1.807, 2.05) is 0 Å². The summed E-state index contributed by atoms with van der Waals surface area (Å²) in [6, 6.07) is 0.545. The Hall–Kier alpha value is -0.0800. The molecule has 1 saturated carbocycles. The van der Waals surface area contributed by atoms with Crippen LogP contribution < -0.4 is 5.32 Å². The second-order valence-electron chi connectivity index (χ2n) is 5.59. The number of rotatable bonds is 2. The topological polar surface area (TPSA) is 21.3 Å². The molecule has 0 radical (unpaired) electrons. The summed E-state index contributed by atoms with van der Waals surface area (Å²) < 4.78 is 6.09. The van der Waals surface area contributed by atoms with Gasteiger partial charge in [-0.1, -0.05) is 20.8 Å². The number of hydrogen-bond donors (Lipinski definition) is 1. The zero-order valence-corrected chi connectivity index (χ0v) is 9.89. The Bertz CT molecular complexity index is 222. The summed E-state index contributed by atoms with van der Waals surface area (Å²) in [5.41, 5.74) is 0.503. The van der Waals surface area contributed by atoms with Gasteiger partial charge < -0.3 is 10.1 Å². The Labute approximate surface area is 87.4 Å². The van der Waals surface area contributed by atoms with Crippen LogP contribution >= 0.6 is 0 Å². The van der Waals surface area contributed by atoms with Gasteiger partial charge in [0.05, 0.1) is 12.2 Å². The van der Waals surface area contributed by atoms with Crippen LogP contribution in [0.1, 0.15) is 40.0 Å². The van der Waals surface area contributed by atoms with Crippen molar-refractivity contribution in [3.8, 4) is 0 Å². The summed E-state index contributed by atoms with van der Waals surface area (Å²) in [7, 11) is 2.08. The maximum atomic E-state index is 6.09. The Morgan fingerprint density at radius 3 is 2.36 bits per heavy atom. The first-order chi connectivity index (χ1) is 6.55. The van der Waals surface area contributed by atoms with Gasteiger partial charge in [-0.2, -0.15) is 0 Å². The molecule has 2 rings (SSSR count). The highest BCUT2D eigenvalue weighted by molar-refractivity contribution is 5.11. The van der Waals surface area contributed by atoms with Gasteiger partial charge in [-0.05, 0) is 32.2 Å². The van der Waals surface area contributed by atoms with Gasteiger partial charge in [0, 0.05) is 11.5 Å². The van der Waals surface area contributed by atoms with Gasteiger partial charge in [-0.3, -0.25) is 0 Å². The zero-order chi connectivity index (χ0) is 10.4. The van der Waals surface area contributed by atoms with Gasteiger partial charge in [0.25, 0.3) is 0 Å². The van der Waals surface area contributed by atoms with Crippen LogP contribution in [-0.4, -0.2) is 25.3 Å². The fourth-order valence-electron chi connectivity index (χ4n) is 3.12. The van der Waals surface area contributed by atoms with Gasteiger partial charge in [0.15, 0.2) is 0 Å². The molecular weight excluding hydrogens is 174 g/mol. The van der Waals surface area contributed by atoms with Gasteiger partial charge in [-0.15, -0.1) is 0 Å². The van der Waals surface area contributed by atoms with Crippen LogP contribution in [0.3, 0.4) is 0 Å². The Kier molecular flexibility index (Phi) is 2.39. The summed E-state index contributed by atoms with van der Waals surface area (Å²) in [5, 5.41) is 3.50. The van der Waals surface area contributed by atoms with E-state index >= 15 is 0 Å². The van der Waals surface area contributed by atoms with E-state index in [0.717, 1.165) is 6.61 Å². The first-order valence-electron chi connectivity index (χ1n) is 5.86. The smallest absolute Gasteiger partial charge is 0.0841 e. The molecule has 2 nitrogen and oxygen atoms in total. The highest BCUT2D eigenvalue weighted by Gasteiger charge is 2.58. The molecule has 2 heteroatoms. The summed E-state index contributed by atoms with van der Waals surface area (Å²) in [6.45, 7) is 7.92. The summed E-state index contributed by atoms with van der Waals surface area (Å²) in [6.07, 6.45) is 3.84. The highest BCUT2D eigenvalue weighted by atomic mass is 16.5. The molecule has 0 bridgehead atoms. The highest BCUT2D eigenvalue weighted by Crippen LogP contribution is 2.52. The average Bonchev–Trinajstić information content (AvgIpc) is 2.39. The number of ether oxygens (including phenoxy) is 1. The lowest BCUT2D eigenvalue weighted by Crippen LogP contribution is -2.57. The van der Waals surface area contributed by atoms with E-state index in [1.165, 1.54) is 19.3 Å². The van der Waals surface area contributed by atoms with E-state index in [1.54, 1.807) is 0 Å². The van der Waals surface area contributed by atoms with E-state index in [-0.39, 0.29) is 5.60 Å². The first-order valence-corrected chi connectivity index (χ1v) is 5.86. The predicted octanol–water partition coefficient (Wildman–Crippen LogP) is 2.19. The summed E-state index contributed by atoms with van der Waals surface area (Å²) in [4.78, 5) is 0. The number of nitrogens with one attached hydrogen (secondary N) is 1. The van der Waals surface area contributed by atoms with Gasteiger partial charge in [0.2, 0.25) is 0 Å². The third-order valence-electron chi connectivity index (χ3n) is 4.66. The third-order valence-corrected chi connectivity index (χ3v) is 4.66. The van der Waals surface area contributed by atoms with Gasteiger partial charge in [-0.25, -0.2) is 0 Å². The monoisotopic (exact) mass is 197 g/mol. The number of likely N-dealkylation sites (N-methyl/N-ethyl adjacent to an activating group) is 1. The molecule has 0 amide bonds. The van der Waals surface area contributed by atoms with Crippen molar-refractivity contribution < 1.29 is 4.74 Å². The van der Waals surface area contributed by atoms with E-state index in [4.69, 9.17) is 4.74 Å². The average molecular weight is 197 g/mol. The molecule has 14 heavy (non-hydrogen) atoms. The van der Waals surface area contributed by atoms with E-state index in [2.05, 4.69) is 33.1 Å². The van der Waals surface area contributed by atoms with Crippen molar-refractivity contribution in [2.24, 2.45) is 11.3 Å². The van der Waals surface area contributed by atoms with Crippen molar-refractivity contribution in [2.45, 2.75) is 51.7 Å². The quantitative estimate of drug-likeness (QED) is 0.732. The molecule has 2 aliphatic rings. The fraction of sp³-hybridized carbons (Fsp3) is 1.00. The van der Waals surface area contributed by atoms with Crippen molar-refractivity contribution >= 4 is 0 Å². The lowest BCUT2D eigenvalue weighted by atomic mass is 9.64. The Balaban J connectivity index is 2.22. The lowest BCUT2D eigenvalue weighted by molar-refractivity contribution is -0.0692. The molecule has 1 heterocycles. The van der Waals surface area contributed by atoms with Crippen LogP contribution in [0.25, 0.3) is 0 Å². The largest absolute Gasteiger partial charge is 0.373 e. The molecule has 1 saturated heterocycles. The summed E-state index contributed by atoms with van der Waals surface area (Å²) >= 11 is 0. The minimum Gasteiger partial charge on any atom is -0.373 e. The Morgan fingerprint density at radius 1 is 1.36 bits per heavy atom. The molecule has 2 atom stereocenters. The zero-order valence-electron chi connectivity index (χ0n) is 9.89. The molecule has 0 aromatic heterocycles. The normalized spacial score (nSPS) is 40.5. The van der Waals surface area contributed by atoms with Crippen LogP contribution in [0, 0.1) is 11.3 Å². The van der Waals surface area contributed by atoms with Crippen LogP contribution in [0.4, 0.5) is 0 Å². The van der Waals surface area contributed by atoms with Gasteiger partial charge in [0.1, 0.15) is 0 Å². The summed E-state index contributed by atoms with van der Waals surface area (Å²) in [5.74, 6) is 0.680. The molecule has 2 fully saturated rings. The minimum absolute atomic E-state index is 0.188. The van der Waals surface area contributed by atoms with Crippen LogP contribution in [0.5, 0.6) is 0 Å². The fourth-order valence-corrected chi connectivity index (χ4v) is 3.12.